The van der Waals surface area contributed by atoms with Crippen LogP contribution >= 0.6 is 12.4 Å². The molecule has 11 heteroatoms. The van der Waals surface area contributed by atoms with E-state index in [4.69, 9.17) is 10.5 Å². The number of hydrogen-bond acceptors (Lipinski definition) is 8. The molecule has 4 aromatic heterocycles. The molecule has 1 saturated heterocycles. The van der Waals surface area contributed by atoms with Crippen molar-refractivity contribution in [3.8, 4) is 17.0 Å². The number of hydrogen-bond donors (Lipinski definition) is 3. The number of ether oxygens (including phenoxy) is 1. The molecule has 1 aliphatic rings. The molecule has 0 saturated carbocycles. The van der Waals surface area contributed by atoms with Gasteiger partial charge in [0.1, 0.15) is 11.6 Å². The molecule has 0 aromatic carbocycles. The van der Waals surface area contributed by atoms with Crippen LogP contribution in [0.15, 0.2) is 30.9 Å². The highest BCUT2D eigenvalue weighted by atomic mass is 35.5. The van der Waals surface area contributed by atoms with Gasteiger partial charge < -0.3 is 20.5 Å². The Morgan fingerprint density at radius 3 is 2.90 bits per heavy atom. The normalized spacial score (nSPS) is 19.2. The number of aliphatic hydroxyl groups excluding tert-OH is 1. The summed E-state index contributed by atoms with van der Waals surface area (Å²) in [6.45, 7) is 3.69. The van der Waals surface area contributed by atoms with Gasteiger partial charge in [-0.1, -0.05) is 0 Å². The third-order valence-electron chi connectivity index (χ3n) is 5.29. The molecule has 5 rings (SSSR count). The summed E-state index contributed by atoms with van der Waals surface area (Å²) < 4.78 is 7.49. The summed E-state index contributed by atoms with van der Waals surface area (Å²) in [5.41, 5.74) is 9.05. The highest BCUT2D eigenvalue weighted by Crippen LogP contribution is 2.32. The number of aromatic nitrogens is 6. The van der Waals surface area contributed by atoms with E-state index >= 15 is 0 Å². The van der Waals surface area contributed by atoms with Crippen molar-refractivity contribution in [1.82, 2.24) is 29.8 Å². The van der Waals surface area contributed by atoms with Crippen LogP contribution in [0.1, 0.15) is 13.3 Å². The summed E-state index contributed by atoms with van der Waals surface area (Å²) in [4.78, 5) is 11.2. The van der Waals surface area contributed by atoms with Crippen molar-refractivity contribution in [2.24, 2.45) is 5.73 Å². The highest BCUT2D eigenvalue weighted by molar-refractivity contribution is 6.00. The second-order valence-electron chi connectivity index (χ2n) is 7.17. The lowest BCUT2D eigenvalue weighted by Crippen LogP contribution is -2.50. The van der Waals surface area contributed by atoms with Crippen molar-refractivity contribution in [3.63, 3.8) is 0 Å². The third kappa shape index (κ3) is 3.42. The van der Waals surface area contributed by atoms with Crippen molar-refractivity contribution in [3.05, 3.63) is 30.9 Å². The molecule has 1 aliphatic heterocycles. The van der Waals surface area contributed by atoms with Gasteiger partial charge in [-0.2, -0.15) is 5.10 Å². The zero-order valence-corrected chi connectivity index (χ0v) is 17.2. The Kier molecular flexibility index (Phi) is 5.46. The number of halogens is 1. The Bertz CT molecular complexity index is 1160. The van der Waals surface area contributed by atoms with E-state index in [-0.39, 0.29) is 18.4 Å². The van der Waals surface area contributed by atoms with Crippen LogP contribution in [0.2, 0.25) is 0 Å². The molecular formula is C19H23ClN8O2. The number of nitrogens with one attached hydrogen (secondary N) is 1. The van der Waals surface area contributed by atoms with Gasteiger partial charge >= 0.3 is 0 Å². The first-order chi connectivity index (χ1) is 14.1. The van der Waals surface area contributed by atoms with E-state index in [9.17, 15) is 5.11 Å². The maximum atomic E-state index is 10.1. The molecule has 1 fully saturated rings. The maximum Gasteiger partial charge on any atom is 0.178 e. The number of nitrogens with zero attached hydrogens (tertiary/aromatic N) is 6. The van der Waals surface area contributed by atoms with E-state index in [1.807, 2.05) is 24.1 Å². The van der Waals surface area contributed by atoms with E-state index in [2.05, 4.69) is 25.3 Å². The minimum Gasteiger partial charge on any atom is -0.492 e. The highest BCUT2D eigenvalue weighted by Gasteiger charge is 2.25. The number of β-amino-alcohol motifs (C(OH)–C–C–N with tert-alkyl or cyclic N) is 1. The molecule has 0 aliphatic carbocycles. The Balaban J connectivity index is 0.00000218. The first kappa shape index (κ1) is 20.3. The minimum atomic E-state index is -0.561. The van der Waals surface area contributed by atoms with E-state index < -0.39 is 6.10 Å². The summed E-state index contributed by atoms with van der Waals surface area (Å²) in [5, 5.41) is 22.5. The first-order valence-corrected chi connectivity index (χ1v) is 9.63. The molecule has 10 nitrogen and oxygen atoms in total. The predicted octanol–water partition coefficient (Wildman–Crippen LogP) is 1.39. The number of nitrogens with two attached hydrogens (primary N) is 1. The fraction of sp³-hybridized carbons (Fsp3) is 0.368. The molecule has 0 radical (unpaired) electrons. The number of H-pyrrole nitrogens is 1. The lowest BCUT2D eigenvalue weighted by atomic mass is 10.0. The number of piperidine rings is 1. The molecule has 30 heavy (non-hydrogen) atoms. The quantitative estimate of drug-likeness (QED) is 0.442. The van der Waals surface area contributed by atoms with Gasteiger partial charge in [0.05, 0.1) is 54.1 Å². The van der Waals surface area contributed by atoms with E-state index in [1.165, 1.54) is 0 Å². The molecule has 4 aromatic rings. The largest absolute Gasteiger partial charge is 0.492 e. The van der Waals surface area contributed by atoms with Crippen LogP contribution in [0.5, 0.6) is 5.75 Å². The molecular weight excluding hydrogens is 408 g/mol. The fourth-order valence-corrected chi connectivity index (χ4v) is 3.76. The number of aliphatic hydroxyl groups is 1. The first-order valence-electron chi connectivity index (χ1n) is 9.63. The number of rotatable bonds is 4. The van der Waals surface area contributed by atoms with E-state index in [1.54, 1.807) is 23.1 Å². The van der Waals surface area contributed by atoms with Gasteiger partial charge in [-0.15, -0.1) is 17.5 Å². The van der Waals surface area contributed by atoms with Crippen molar-refractivity contribution in [1.29, 1.82) is 0 Å². The average molecular weight is 431 g/mol. The van der Waals surface area contributed by atoms with Gasteiger partial charge in [0, 0.05) is 24.7 Å². The monoisotopic (exact) mass is 430 g/mol. The average Bonchev–Trinajstić information content (AvgIpc) is 3.31. The maximum absolute atomic E-state index is 10.1. The number of fused-ring (bicyclic) bond motifs is 3. The van der Waals surface area contributed by atoms with Gasteiger partial charge in [0.25, 0.3) is 0 Å². The predicted molar refractivity (Wildman–Crippen MR) is 115 cm³/mol. The van der Waals surface area contributed by atoms with Gasteiger partial charge in [0.15, 0.2) is 5.65 Å². The van der Waals surface area contributed by atoms with Crippen molar-refractivity contribution < 1.29 is 9.84 Å². The number of pyridine rings is 1. The fourth-order valence-electron chi connectivity index (χ4n) is 3.76. The molecule has 158 valence electrons. The van der Waals surface area contributed by atoms with Crippen molar-refractivity contribution in [2.45, 2.75) is 25.5 Å². The lowest BCUT2D eigenvalue weighted by Gasteiger charge is -2.34. The van der Waals surface area contributed by atoms with Gasteiger partial charge in [-0.3, -0.25) is 10.1 Å². The van der Waals surface area contributed by atoms with Crippen LogP contribution in [0, 0.1) is 0 Å². The zero-order chi connectivity index (χ0) is 20.0. The minimum absolute atomic E-state index is 0. The lowest BCUT2D eigenvalue weighted by molar-refractivity contribution is 0.131. The summed E-state index contributed by atoms with van der Waals surface area (Å²) in [6.07, 6.45) is 7.22. The van der Waals surface area contributed by atoms with Crippen LogP contribution in [0.25, 0.3) is 27.8 Å². The van der Waals surface area contributed by atoms with Gasteiger partial charge in [-0.25, -0.2) is 9.50 Å². The second-order valence-corrected chi connectivity index (χ2v) is 7.17. The molecule has 4 N–H and O–H groups in total. The van der Waals surface area contributed by atoms with Crippen LogP contribution in [-0.4, -0.2) is 66.7 Å². The molecule has 0 amide bonds. The van der Waals surface area contributed by atoms with Crippen LogP contribution in [0.4, 0.5) is 5.82 Å². The summed E-state index contributed by atoms with van der Waals surface area (Å²) in [7, 11) is 0. The van der Waals surface area contributed by atoms with Gasteiger partial charge in [-0.05, 0) is 19.4 Å². The van der Waals surface area contributed by atoms with E-state index in [0.717, 1.165) is 35.2 Å². The smallest absolute Gasteiger partial charge is 0.178 e. The zero-order valence-electron chi connectivity index (χ0n) is 16.4. The number of aromatic amines is 1. The summed E-state index contributed by atoms with van der Waals surface area (Å²) >= 11 is 0. The Morgan fingerprint density at radius 1 is 1.30 bits per heavy atom. The summed E-state index contributed by atoms with van der Waals surface area (Å²) in [5.74, 6) is 1.42. The Labute approximate surface area is 178 Å². The van der Waals surface area contributed by atoms with Crippen molar-refractivity contribution >= 4 is 34.8 Å². The molecule has 2 atom stereocenters. The molecule has 0 spiro atoms. The Morgan fingerprint density at radius 2 is 2.17 bits per heavy atom. The van der Waals surface area contributed by atoms with Crippen LogP contribution < -0.4 is 15.4 Å². The topological polar surface area (TPSA) is 130 Å². The van der Waals surface area contributed by atoms with Crippen molar-refractivity contribution in [2.75, 3.05) is 24.6 Å². The SMILES string of the molecule is CCOc1cc(-c2cnc(N3CC[C@H](N)[C@@H](O)C3)cn2)c2c3cn[nH]c3nn2c1.Cl. The van der Waals surface area contributed by atoms with E-state index in [0.29, 0.717) is 30.2 Å². The number of anilines is 1. The van der Waals surface area contributed by atoms with Gasteiger partial charge in [0.2, 0.25) is 0 Å². The van der Waals surface area contributed by atoms with Crippen LogP contribution in [0.3, 0.4) is 0 Å². The third-order valence-corrected chi connectivity index (χ3v) is 5.29. The molecule has 0 bridgehead atoms. The standard InChI is InChI=1S/C19H22N8O2.ClH/c1-2-29-11-5-12(18-13-6-23-24-19(13)25-27(18)9-11)15-7-22-17(8-21-15)26-4-3-14(20)16(28)10-26;/h5-9,14,16,28H,2-4,10,20H2,1H3,(H,24,25);1H/t14-,16-;/m0./s1. The molecule has 5 heterocycles. The summed E-state index contributed by atoms with van der Waals surface area (Å²) in [6, 6.07) is 1.76. The molecule has 0 unspecified atom stereocenters. The Hall–Kier alpha value is -2.95. The second kappa shape index (κ2) is 8.05. The van der Waals surface area contributed by atoms with Crippen LogP contribution in [-0.2, 0) is 0 Å².